The molecule has 2 N–H and O–H groups in total. The van der Waals surface area contributed by atoms with Gasteiger partial charge in [-0.3, -0.25) is 0 Å². The highest BCUT2D eigenvalue weighted by molar-refractivity contribution is 6.20. The lowest BCUT2D eigenvalue weighted by molar-refractivity contribution is 1.20. The average molecular weight is 617 g/mol. The summed E-state index contributed by atoms with van der Waals surface area (Å²) in [7, 11) is 0. The van der Waals surface area contributed by atoms with Crippen LogP contribution in [-0.4, -0.2) is 11.1 Å². The number of hydrogen-bond donors (Lipinski definition) is 1. The van der Waals surface area contributed by atoms with Gasteiger partial charge in [0, 0.05) is 28.1 Å². The van der Waals surface area contributed by atoms with Gasteiger partial charge in [0.2, 0.25) is 0 Å². The lowest BCUT2D eigenvalue weighted by Gasteiger charge is -2.14. The summed E-state index contributed by atoms with van der Waals surface area (Å²) in [5.74, 6) is 0. The highest BCUT2D eigenvalue weighted by atomic mass is 15.0. The third kappa shape index (κ3) is 4.78. The van der Waals surface area contributed by atoms with E-state index in [4.69, 9.17) is 5.73 Å². The molecule has 0 aliphatic carbocycles. The van der Waals surface area contributed by atoms with Gasteiger partial charge in [-0.25, -0.2) is 0 Å². The van der Waals surface area contributed by atoms with E-state index in [0.717, 1.165) is 16.7 Å². The lowest BCUT2D eigenvalue weighted by Crippen LogP contribution is -1.96. The summed E-state index contributed by atoms with van der Waals surface area (Å²) >= 11 is 0. The Morgan fingerprint density at radius 2 is 1.23 bits per heavy atom. The quantitative estimate of drug-likeness (QED) is 0.177. The Kier molecular flexibility index (Phi) is 7.36. The molecule has 8 rings (SSSR count). The van der Waals surface area contributed by atoms with E-state index < -0.39 is 0 Å². The van der Waals surface area contributed by atoms with Crippen LogP contribution in [0.15, 0.2) is 165 Å². The van der Waals surface area contributed by atoms with Crippen LogP contribution in [0.5, 0.6) is 0 Å². The molecular formula is C46H36N2. The number of nitrogens with two attached hydrogens (primary N) is 1. The fourth-order valence-corrected chi connectivity index (χ4v) is 7.30. The van der Waals surface area contributed by atoms with Crippen molar-refractivity contribution in [2.24, 2.45) is 5.73 Å². The molecule has 1 heterocycles. The summed E-state index contributed by atoms with van der Waals surface area (Å²) in [5.41, 5.74) is 16.3. The van der Waals surface area contributed by atoms with Crippen LogP contribution in [0.2, 0.25) is 0 Å². The largest absolute Gasteiger partial charge is 0.327 e. The van der Waals surface area contributed by atoms with E-state index in [1.165, 1.54) is 76.5 Å². The Morgan fingerprint density at radius 3 is 2.06 bits per heavy atom. The summed E-state index contributed by atoms with van der Waals surface area (Å²) in [6.45, 7) is 10.6. The van der Waals surface area contributed by atoms with E-state index in [2.05, 4.69) is 158 Å². The van der Waals surface area contributed by atoms with Gasteiger partial charge in [-0.15, -0.1) is 0 Å². The van der Waals surface area contributed by atoms with Crippen molar-refractivity contribution in [2.45, 2.75) is 6.92 Å². The van der Waals surface area contributed by atoms with Crippen molar-refractivity contribution in [2.75, 3.05) is 6.54 Å². The maximum Gasteiger partial charge on any atom is 0.0619 e. The molecule has 0 aliphatic rings. The number of benzene rings is 7. The first-order valence-corrected chi connectivity index (χ1v) is 16.5. The smallest absolute Gasteiger partial charge is 0.0619 e. The number of allylic oxidation sites excluding steroid dienone is 5. The molecule has 1 aromatic heterocycles. The van der Waals surface area contributed by atoms with E-state index in [1.807, 2.05) is 18.2 Å². The highest BCUT2D eigenvalue weighted by Crippen LogP contribution is 2.41. The minimum atomic E-state index is 0.486. The molecule has 0 unspecified atom stereocenters. The first kappa shape index (κ1) is 29.4. The highest BCUT2D eigenvalue weighted by Gasteiger charge is 2.18. The third-order valence-electron chi connectivity index (χ3n) is 9.68. The predicted molar refractivity (Wildman–Crippen MR) is 210 cm³/mol. The topological polar surface area (TPSA) is 30.9 Å². The Hall–Kier alpha value is -5.96. The van der Waals surface area contributed by atoms with Crippen LogP contribution in [0, 0.1) is 0 Å². The van der Waals surface area contributed by atoms with Gasteiger partial charge >= 0.3 is 0 Å². The van der Waals surface area contributed by atoms with Crippen LogP contribution < -0.4 is 5.73 Å². The van der Waals surface area contributed by atoms with Gasteiger partial charge in [0.15, 0.2) is 0 Å². The molecule has 0 amide bonds. The Balaban J connectivity index is 1.38. The molecule has 2 nitrogen and oxygen atoms in total. The fourth-order valence-electron chi connectivity index (χ4n) is 7.30. The van der Waals surface area contributed by atoms with E-state index in [9.17, 15) is 0 Å². The summed E-state index contributed by atoms with van der Waals surface area (Å²) in [6.07, 6.45) is 7.92. The molecule has 0 fully saturated rings. The van der Waals surface area contributed by atoms with E-state index >= 15 is 0 Å². The van der Waals surface area contributed by atoms with Gasteiger partial charge < -0.3 is 10.3 Å². The molecule has 7 aromatic carbocycles. The molecule has 0 bridgehead atoms. The van der Waals surface area contributed by atoms with Crippen molar-refractivity contribution >= 4 is 65.3 Å². The van der Waals surface area contributed by atoms with Gasteiger partial charge in [-0.05, 0) is 92.2 Å². The van der Waals surface area contributed by atoms with E-state index in [0.29, 0.717) is 6.54 Å². The number of nitrogens with zero attached hydrogens (tertiary/aromatic N) is 1. The Bertz CT molecular complexity index is 2640. The number of hydrogen-bond acceptors (Lipinski definition) is 1. The number of fused-ring (bicyclic) bond motifs is 7. The van der Waals surface area contributed by atoms with Crippen LogP contribution >= 0.6 is 0 Å². The normalized spacial score (nSPS) is 12.5. The van der Waals surface area contributed by atoms with Crippen LogP contribution in [0.25, 0.3) is 82.1 Å². The molecule has 0 radical (unpaired) electrons. The number of aromatic nitrogens is 1. The molecule has 0 saturated heterocycles. The standard InChI is InChI=1S/C46H36N2/c1-4-30(5-2)33-18-21-41-39(28-33)20-23-43-42-22-19-38(37-17-16-35-26-34(14-15-36(35)27-37)31(6-3)24-25-47)29-45(42)48(46(41)43)44-13-9-11-32-10-7-8-12-40(32)44/h4-24,26-29H,1,3,25,47H2,2H3/b30-5+,31-24+. The van der Waals surface area contributed by atoms with E-state index in [-0.39, 0.29) is 0 Å². The van der Waals surface area contributed by atoms with Crippen molar-refractivity contribution in [3.05, 3.63) is 176 Å². The predicted octanol–water partition coefficient (Wildman–Crippen LogP) is 12.0. The summed E-state index contributed by atoms with van der Waals surface area (Å²) in [5, 5.41) is 9.76. The zero-order chi connectivity index (χ0) is 32.8. The first-order chi connectivity index (χ1) is 23.6. The van der Waals surface area contributed by atoms with Crippen LogP contribution in [0.3, 0.4) is 0 Å². The SMILES string of the molecule is C=C/C(=C\CN)c1ccc2cc(-c3ccc4c5ccc6cc(/C(C=C)=C/C)ccc6c5n(-c5cccc6ccccc56)c4c3)ccc2c1. The van der Waals surface area contributed by atoms with Crippen molar-refractivity contribution in [1.82, 2.24) is 4.57 Å². The van der Waals surface area contributed by atoms with Gasteiger partial charge in [0.05, 0.1) is 16.7 Å². The van der Waals surface area contributed by atoms with Gasteiger partial charge in [0.1, 0.15) is 0 Å². The molecule has 0 atom stereocenters. The monoisotopic (exact) mass is 616 g/mol. The molecule has 0 saturated carbocycles. The second kappa shape index (κ2) is 12.0. The maximum absolute atomic E-state index is 5.80. The van der Waals surface area contributed by atoms with E-state index in [1.54, 1.807) is 0 Å². The number of rotatable bonds is 7. The second-order valence-corrected chi connectivity index (χ2v) is 12.3. The zero-order valence-electron chi connectivity index (χ0n) is 27.1. The van der Waals surface area contributed by atoms with Gasteiger partial charge in [0.25, 0.3) is 0 Å². The maximum atomic E-state index is 5.80. The minimum absolute atomic E-state index is 0.486. The van der Waals surface area contributed by atoms with Crippen LogP contribution in [0.4, 0.5) is 0 Å². The minimum Gasteiger partial charge on any atom is -0.327 e. The fraction of sp³-hybridized carbons (Fsp3) is 0.0435. The van der Waals surface area contributed by atoms with Gasteiger partial charge in [-0.2, -0.15) is 0 Å². The zero-order valence-corrected chi connectivity index (χ0v) is 27.1. The van der Waals surface area contributed by atoms with Crippen molar-refractivity contribution < 1.29 is 0 Å². The van der Waals surface area contributed by atoms with Crippen LogP contribution in [-0.2, 0) is 0 Å². The van der Waals surface area contributed by atoms with Gasteiger partial charge in [-0.1, -0.05) is 135 Å². The third-order valence-corrected chi connectivity index (χ3v) is 9.68. The molecular weight excluding hydrogens is 581 g/mol. The summed E-state index contributed by atoms with van der Waals surface area (Å²) in [6, 6.07) is 46.9. The Morgan fingerprint density at radius 1 is 0.583 bits per heavy atom. The van der Waals surface area contributed by atoms with Crippen LogP contribution in [0.1, 0.15) is 18.1 Å². The summed E-state index contributed by atoms with van der Waals surface area (Å²) in [4.78, 5) is 0. The second-order valence-electron chi connectivity index (χ2n) is 12.3. The molecule has 2 heteroatoms. The molecule has 48 heavy (non-hydrogen) atoms. The molecule has 0 aliphatic heterocycles. The van der Waals surface area contributed by atoms with Crippen molar-refractivity contribution in [3.8, 4) is 16.8 Å². The first-order valence-electron chi connectivity index (χ1n) is 16.5. The molecule has 230 valence electrons. The average Bonchev–Trinajstić information content (AvgIpc) is 3.47. The molecule has 8 aromatic rings. The van der Waals surface area contributed by atoms with Crippen molar-refractivity contribution in [1.29, 1.82) is 0 Å². The Labute approximate surface area is 281 Å². The lowest BCUT2D eigenvalue weighted by atomic mass is 9.97. The molecule has 0 spiro atoms. The van der Waals surface area contributed by atoms with Crippen molar-refractivity contribution in [3.63, 3.8) is 0 Å². The summed E-state index contributed by atoms with van der Waals surface area (Å²) < 4.78 is 2.48.